The largest absolute Gasteiger partial charge is 0.497 e. The lowest BCUT2D eigenvalue weighted by Crippen LogP contribution is -2.52. The van der Waals surface area contributed by atoms with E-state index < -0.39 is 10.2 Å². The molecule has 2 aromatic rings. The molecule has 1 aromatic carbocycles. The third-order valence-corrected chi connectivity index (χ3v) is 6.65. The zero-order valence-corrected chi connectivity index (χ0v) is 17.1. The second kappa shape index (κ2) is 8.39. The van der Waals surface area contributed by atoms with E-state index in [9.17, 15) is 13.2 Å². The number of hydrogen-bond acceptors (Lipinski definition) is 6. The predicted molar refractivity (Wildman–Crippen MR) is 106 cm³/mol. The summed E-state index contributed by atoms with van der Waals surface area (Å²) >= 11 is 0. The summed E-state index contributed by atoms with van der Waals surface area (Å²) in [5, 5.41) is 4.47. The number of rotatable bonds is 6. The number of methoxy groups -OCH3 is 1. The molecule has 0 aliphatic carbocycles. The average molecular weight is 407 g/mol. The fraction of sp³-hybridized carbons (Fsp3) is 0.444. The highest BCUT2D eigenvalue weighted by Gasteiger charge is 2.28. The van der Waals surface area contributed by atoms with Gasteiger partial charge in [0.2, 0.25) is 0 Å². The van der Waals surface area contributed by atoms with Crippen LogP contribution in [-0.4, -0.2) is 79.1 Å². The maximum absolute atomic E-state index is 12.2. The molecule has 1 aliphatic rings. The first-order valence-corrected chi connectivity index (χ1v) is 10.3. The molecule has 0 bridgehead atoms. The maximum atomic E-state index is 12.2. The zero-order valence-electron chi connectivity index (χ0n) is 16.3. The first-order chi connectivity index (χ1) is 13.3. The van der Waals surface area contributed by atoms with Crippen LogP contribution in [0.5, 0.6) is 5.75 Å². The molecule has 0 atom stereocenters. The maximum Gasteiger partial charge on any atom is 0.281 e. The van der Waals surface area contributed by atoms with Gasteiger partial charge in [-0.1, -0.05) is 0 Å². The lowest BCUT2D eigenvalue weighted by molar-refractivity contribution is 0.140. The predicted octanol–water partition coefficient (Wildman–Crippen LogP) is 0.300. The van der Waals surface area contributed by atoms with E-state index in [1.165, 1.54) is 33.5 Å². The third-order valence-electron chi connectivity index (χ3n) is 4.71. The number of nitrogens with zero attached hydrogens (tertiary/aromatic N) is 5. The number of hydrogen-bond donors (Lipinski definition) is 0. The summed E-state index contributed by atoms with van der Waals surface area (Å²) in [5.74, 6) is 0.752. The van der Waals surface area contributed by atoms with Gasteiger partial charge in [-0.3, -0.25) is 9.69 Å². The van der Waals surface area contributed by atoms with Crippen molar-refractivity contribution >= 4 is 10.2 Å². The van der Waals surface area contributed by atoms with Crippen molar-refractivity contribution in [2.45, 2.75) is 6.67 Å². The number of ether oxygens (including phenoxy) is 1. The highest BCUT2D eigenvalue weighted by molar-refractivity contribution is 7.86. The molecule has 0 amide bonds. The molecule has 0 N–H and O–H groups in total. The number of piperazine rings is 1. The first kappa shape index (κ1) is 20.5. The van der Waals surface area contributed by atoms with Gasteiger partial charge in [-0.2, -0.15) is 22.1 Å². The molecule has 10 heteroatoms. The van der Waals surface area contributed by atoms with Crippen LogP contribution in [0.2, 0.25) is 0 Å². The standard InChI is InChI=1S/C18H25N5O4S/c1-20(2)28(25,26)22-12-10-21(11-13-22)14-23-18(24)9-8-17(19-23)15-4-6-16(27-3)7-5-15/h4-9H,10-14H2,1-3H3. The Hall–Kier alpha value is -2.27. The highest BCUT2D eigenvalue weighted by Crippen LogP contribution is 2.19. The van der Waals surface area contributed by atoms with Gasteiger partial charge in [-0.25, -0.2) is 4.68 Å². The summed E-state index contributed by atoms with van der Waals surface area (Å²) in [6, 6.07) is 10.7. The first-order valence-electron chi connectivity index (χ1n) is 8.94. The number of aromatic nitrogens is 2. The van der Waals surface area contributed by atoms with Crippen molar-refractivity contribution in [2.75, 3.05) is 47.4 Å². The van der Waals surface area contributed by atoms with E-state index in [0.717, 1.165) is 11.3 Å². The summed E-state index contributed by atoms with van der Waals surface area (Å²) in [5.41, 5.74) is 1.38. The summed E-state index contributed by atoms with van der Waals surface area (Å²) in [4.78, 5) is 14.3. The van der Waals surface area contributed by atoms with E-state index in [-0.39, 0.29) is 5.56 Å². The van der Waals surface area contributed by atoms with Gasteiger partial charge in [0.25, 0.3) is 15.8 Å². The van der Waals surface area contributed by atoms with Gasteiger partial charge in [-0.15, -0.1) is 0 Å². The fourth-order valence-electron chi connectivity index (χ4n) is 2.99. The molecular formula is C18H25N5O4S. The lowest BCUT2D eigenvalue weighted by Gasteiger charge is -2.34. The highest BCUT2D eigenvalue weighted by atomic mass is 32.2. The molecule has 28 heavy (non-hydrogen) atoms. The molecule has 152 valence electrons. The van der Waals surface area contributed by atoms with E-state index in [2.05, 4.69) is 5.10 Å². The van der Waals surface area contributed by atoms with Gasteiger partial charge in [0.15, 0.2) is 0 Å². The average Bonchev–Trinajstić information content (AvgIpc) is 2.70. The van der Waals surface area contributed by atoms with Crippen molar-refractivity contribution in [3.05, 3.63) is 46.8 Å². The summed E-state index contributed by atoms with van der Waals surface area (Å²) in [6.45, 7) is 2.15. The van der Waals surface area contributed by atoms with Crippen molar-refractivity contribution in [1.82, 2.24) is 23.3 Å². The Morgan fingerprint density at radius 2 is 1.68 bits per heavy atom. The second-order valence-electron chi connectivity index (χ2n) is 6.73. The molecule has 0 spiro atoms. The minimum atomic E-state index is -3.41. The smallest absolute Gasteiger partial charge is 0.281 e. The number of benzene rings is 1. The molecule has 0 saturated carbocycles. The molecule has 1 aliphatic heterocycles. The molecule has 1 saturated heterocycles. The SMILES string of the molecule is COc1ccc(-c2ccc(=O)n(CN3CCN(S(=O)(=O)N(C)C)CC3)n2)cc1. The summed E-state index contributed by atoms with van der Waals surface area (Å²) in [7, 11) is 1.25. The molecular weight excluding hydrogens is 382 g/mol. The Bertz CT molecular complexity index is 964. The quantitative estimate of drug-likeness (QED) is 0.685. The Morgan fingerprint density at radius 3 is 2.25 bits per heavy atom. The van der Waals surface area contributed by atoms with Crippen LogP contribution in [0, 0.1) is 0 Å². The fourth-order valence-corrected chi connectivity index (χ4v) is 4.07. The van der Waals surface area contributed by atoms with Crippen molar-refractivity contribution in [3.8, 4) is 17.0 Å². The molecule has 0 unspecified atom stereocenters. The van der Waals surface area contributed by atoms with Crippen LogP contribution >= 0.6 is 0 Å². The van der Waals surface area contributed by atoms with E-state index in [1.807, 2.05) is 29.2 Å². The van der Waals surface area contributed by atoms with Gasteiger partial charge < -0.3 is 4.74 Å². The van der Waals surface area contributed by atoms with E-state index in [0.29, 0.717) is 38.5 Å². The Balaban J connectivity index is 1.70. The Labute approximate surface area is 164 Å². The van der Waals surface area contributed by atoms with Crippen LogP contribution in [-0.2, 0) is 16.9 Å². The third kappa shape index (κ3) is 4.41. The molecule has 0 radical (unpaired) electrons. The van der Waals surface area contributed by atoms with Gasteiger partial charge in [-0.05, 0) is 30.3 Å². The van der Waals surface area contributed by atoms with Gasteiger partial charge in [0, 0.05) is 51.9 Å². The van der Waals surface area contributed by atoms with Crippen LogP contribution in [0.1, 0.15) is 0 Å². The van der Waals surface area contributed by atoms with Crippen LogP contribution in [0.4, 0.5) is 0 Å². The molecule has 1 fully saturated rings. The lowest BCUT2D eigenvalue weighted by atomic mass is 10.1. The monoisotopic (exact) mass is 407 g/mol. The minimum Gasteiger partial charge on any atom is -0.497 e. The molecule has 3 rings (SSSR count). The van der Waals surface area contributed by atoms with Gasteiger partial charge in [0.05, 0.1) is 19.5 Å². The van der Waals surface area contributed by atoms with Crippen molar-refractivity contribution in [2.24, 2.45) is 0 Å². The van der Waals surface area contributed by atoms with Gasteiger partial charge >= 0.3 is 0 Å². The summed E-state index contributed by atoms with van der Waals surface area (Å²) < 4.78 is 33.7. The molecule has 9 nitrogen and oxygen atoms in total. The van der Waals surface area contributed by atoms with Crippen molar-refractivity contribution < 1.29 is 13.2 Å². The Kier molecular flexibility index (Phi) is 6.14. The van der Waals surface area contributed by atoms with Crippen LogP contribution in [0.3, 0.4) is 0 Å². The van der Waals surface area contributed by atoms with Crippen molar-refractivity contribution in [1.29, 1.82) is 0 Å². The van der Waals surface area contributed by atoms with Crippen molar-refractivity contribution in [3.63, 3.8) is 0 Å². The van der Waals surface area contributed by atoms with E-state index in [4.69, 9.17) is 4.74 Å². The van der Waals surface area contributed by atoms with E-state index >= 15 is 0 Å². The molecule has 2 heterocycles. The van der Waals surface area contributed by atoms with Crippen LogP contribution < -0.4 is 10.3 Å². The normalized spacial score (nSPS) is 16.4. The van der Waals surface area contributed by atoms with Crippen LogP contribution in [0.25, 0.3) is 11.3 Å². The minimum absolute atomic E-state index is 0.194. The summed E-state index contributed by atoms with van der Waals surface area (Å²) in [6.07, 6.45) is 0. The second-order valence-corrected chi connectivity index (χ2v) is 8.88. The van der Waals surface area contributed by atoms with Gasteiger partial charge in [0.1, 0.15) is 5.75 Å². The van der Waals surface area contributed by atoms with E-state index in [1.54, 1.807) is 13.2 Å². The molecule has 1 aromatic heterocycles. The zero-order chi connectivity index (χ0) is 20.3. The Morgan fingerprint density at radius 1 is 1.04 bits per heavy atom. The van der Waals surface area contributed by atoms with Crippen LogP contribution in [0.15, 0.2) is 41.2 Å². The topological polar surface area (TPSA) is 88.0 Å².